The Bertz CT molecular complexity index is 1280. The van der Waals surface area contributed by atoms with Gasteiger partial charge in [-0.25, -0.2) is 4.79 Å². The molecule has 4 aromatic rings. The molecule has 0 amide bonds. The Morgan fingerprint density at radius 2 is 1.77 bits per heavy atom. The number of rotatable bonds is 5. The number of tetrazole rings is 1. The van der Waals surface area contributed by atoms with E-state index < -0.39 is 0 Å². The first kappa shape index (κ1) is 19.6. The topological polar surface area (TPSA) is 79.8 Å². The molecule has 0 aliphatic heterocycles. The Labute approximate surface area is 174 Å². The molecule has 0 radical (unpaired) electrons. The molecule has 0 bridgehead atoms. The number of aryl methyl sites for hydroxylation is 5. The molecule has 0 N–H and O–H groups in total. The van der Waals surface area contributed by atoms with Gasteiger partial charge < -0.3 is 4.74 Å². The van der Waals surface area contributed by atoms with Gasteiger partial charge in [-0.1, -0.05) is 12.1 Å². The van der Waals surface area contributed by atoms with E-state index in [0.29, 0.717) is 12.3 Å². The molecule has 4 rings (SSSR count). The molecule has 0 atom stereocenters. The summed E-state index contributed by atoms with van der Waals surface area (Å²) in [7, 11) is 3.50. The molecule has 8 heteroatoms. The van der Waals surface area contributed by atoms with Gasteiger partial charge in [0.2, 0.25) is 0 Å². The van der Waals surface area contributed by atoms with Gasteiger partial charge in [-0.2, -0.15) is 14.5 Å². The van der Waals surface area contributed by atoms with Crippen LogP contribution in [0, 0.1) is 20.8 Å². The van der Waals surface area contributed by atoms with Gasteiger partial charge >= 0.3 is 5.69 Å². The summed E-state index contributed by atoms with van der Waals surface area (Å²) in [5.74, 6) is 0.785. The maximum absolute atomic E-state index is 12.3. The van der Waals surface area contributed by atoms with Crippen LogP contribution in [-0.2, 0) is 20.7 Å². The van der Waals surface area contributed by atoms with Gasteiger partial charge in [-0.15, -0.1) is 0 Å². The first-order valence-corrected chi connectivity index (χ1v) is 9.67. The van der Waals surface area contributed by atoms with Crippen LogP contribution in [0.2, 0.25) is 0 Å². The molecule has 154 valence electrons. The van der Waals surface area contributed by atoms with Gasteiger partial charge in [0.05, 0.1) is 11.4 Å². The van der Waals surface area contributed by atoms with Crippen molar-refractivity contribution in [3.05, 3.63) is 75.3 Å². The van der Waals surface area contributed by atoms with E-state index in [1.165, 1.54) is 9.36 Å². The standard InChI is InChI=1S/C22H24N6O2/c1-14-7-6-8-19(28-22(29)27(5)24-25-28)18(14)13-30-20-10-9-17(11-15(20)2)21-16(3)12-26(4)23-21/h6-12H,13H2,1-5H3. The third-order valence-corrected chi connectivity index (χ3v) is 5.17. The first-order valence-electron chi connectivity index (χ1n) is 9.67. The highest BCUT2D eigenvalue weighted by Crippen LogP contribution is 2.28. The second-order valence-corrected chi connectivity index (χ2v) is 7.47. The number of hydrogen-bond acceptors (Lipinski definition) is 5. The number of nitrogens with zero attached hydrogens (tertiary/aromatic N) is 6. The third-order valence-electron chi connectivity index (χ3n) is 5.17. The van der Waals surface area contributed by atoms with Gasteiger partial charge in [0.1, 0.15) is 12.4 Å². The Morgan fingerprint density at radius 3 is 2.40 bits per heavy atom. The van der Waals surface area contributed by atoms with E-state index in [2.05, 4.69) is 28.5 Å². The second-order valence-electron chi connectivity index (χ2n) is 7.47. The lowest BCUT2D eigenvalue weighted by molar-refractivity contribution is 0.302. The highest BCUT2D eigenvalue weighted by Gasteiger charge is 2.14. The molecule has 8 nitrogen and oxygen atoms in total. The minimum atomic E-state index is -0.298. The average Bonchev–Trinajstić information content (AvgIpc) is 3.22. The zero-order chi connectivity index (χ0) is 21.4. The van der Waals surface area contributed by atoms with Crippen LogP contribution >= 0.6 is 0 Å². The third kappa shape index (κ3) is 3.52. The fourth-order valence-electron chi connectivity index (χ4n) is 3.54. The largest absolute Gasteiger partial charge is 0.489 e. The van der Waals surface area contributed by atoms with E-state index in [9.17, 15) is 4.79 Å². The second kappa shape index (κ2) is 7.62. The van der Waals surface area contributed by atoms with E-state index in [1.54, 1.807) is 7.05 Å². The van der Waals surface area contributed by atoms with Crippen molar-refractivity contribution in [2.24, 2.45) is 14.1 Å². The molecule has 2 aromatic carbocycles. The van der Waals surface area contributed by atoms with Gasteiger partial charge in [0.15, 0.2) is 0 Å². The Balaban J connectivity index is 1.62. The summed E-state index contributed by atoms with van der Waals surface area (Å²) in [5.41, 5.74) is 6.46. The van der Waals surface area contributed by atoms with Crippen LogP contribution in [0.3, 0.4) is 0 Å². The van der Waals surface area contributed by atoms with Crippen LogP contribution in [0.4, 0.5) is 0 Å². The zero-order valence-corrected chi connectivity index (χ0v) is 17.7. The summed E-state index contributed by atoms with van der Waals surface area (Å²) in [5, 5.41) is 12.3. The van der Waals surface area contributed by atoms with Crippen molar-refractivity contribution in [3.63, 3.8) is 0 Å². The predicted molar refractivity (Wildman–Crippen MR) is 114 cm³/mol. The summed E-state index contributed by atoms with van der Waals surface area (Å²) in [6.07, 6.45) is 2.00. The van der Waals surface area contributed by atoms with Crippen molar-refractivity contribution in [3.8, 4) is 22.7 Å². The summed E-state index contributed by atoms with van der Waals surface area (Å²) >= 11 is 0. The smallest absolute Gasteiger partial charge is 0.368 e. The van der Waals surface area contributed by atoms with Crippen molar-refractivity contribution >= 4 is 0 Å². The molecule has 0 unspecified atom stereocenters. The molecule has 0 saturated heterocycles. The maximum Gasteiger partial charge on any atom is 0.368 e. The van der Waals surface area contributed by atoms with Crippen LogP contribution in [0.5, 0.6) is 5.75 Å². The minimum Gasteiger partial charge on any atom is -0.489 e. The Hall–Kier alpha value is -3.68. The van der Waals surface area contributed by atoms with Crippen LogP contribution in [0.1, 0.15) is 22.3 Å². The molecular formula is C22H24N6O2. The first-order chi connectivity index (χ1) is 14.3. The van der Waals surface area contributed by atoms with E-state index in [-0.39, 0.29) is 5.69 Å². The fraction of sp³-hybridized carbons (Fsp3) is 0.273. The van der Waals surface area contributed by atoms with Crippen molar-refractivity contribution in [2.45, 2.75) is 27.4 Å². The van der Waals surface area contributed by atoms with Gasteiger partial charge in [-0.3, -0.25) is 4.68 Å². The maximum atomic E-state index is 12.3. The van der Waals surface area contributed by atoms with Gasteiger partial charge in [0, 0.05) is 31.4 Å². The van der Waals surface area contributed by atoms with Gasteiger partial charge in [-0.05, 0) is 72.2 Å². The summed E-state index contributed by atoms with van der Waals surface area (Å²) in [6.45, 7) is 6.37. The van der Waals surface area contributed by atoms with E-state index in [0.717, 1.165) is 39.3 Å². The van der Waals surface area contributed by atoms with E-state index in [4.69, 9.17) is 4.74 Å². The SMILES string of the molecule is Cc1cc(-c2nn(C)cc2C)ccc1OCc1c(C)cccc1-n1nnn(C)c1=O. The summed E-state index contributed by atoms with van der Waals surface area (Å²) in [4.78, 5) is 12.3. The number of aromatic nitrogens is 6. The van der Waals surface area contributed by atoms with Gasteiger partial charge in [0.25, 0.3) is 0 Å². The normalized spacial score (nSPS) is 11.1. The van der Waals surface area contributed by atoms with Crippen LogP contribution in [0.15, 0.2) is 47.4 Å². The minimum absolute atomic E-state index is 0.298. The molecule has 2 heterocycles. The highest BCUT2D eigenvalue weighted by molar-refractivity contribution is 5.64. The molecule has 0 aliphatic rings. The van der Waals surface area contributed by atoms with E-state index >= 15 is 0 Å². The molecule has 2 aromatic heterocycles. The number of ether oxygens (including phenoxy) is 1. The summed E-state index contributed by atoms with van der Waals surface area (Å²) < 4.78 is 10.5. The summed E-state index contributed by atoms with van der Waals surface area (Å²) in [6, 6.07) is 11.8. The van der Waals surface area contributed by atoms with Crippen molar-refractivity contribution in [2.75, 3.05) is 0 Å². The van der Waals surface area contributed by atoms with Crippen molar-refractivity contribution in [1.82, 2.24) is 29.6 Å². The lowest BCUT2D eigenvalue weighted by Gasteiger charge is -2.14. The monoisotopic (exact) mass is 404 g/mol. The van der Waals surface area contributed by atoms with Crippen molar-refractivity contribution < 1.29 is 4.74 Å². The number of benzene rings is 2. The molecule has 0 aliphatic carbocycles. The molecular weight excluding hydrogens is 380 g/mol. The predicted octanol–water partition coefficient (Wildman–Crippen LogP) is 2.87. The van der Waals surface area contributed by atoms with E-state index in [1.807, 2.05) is 62.1 Å². The number of hydrogen-bond donors (Lipinski definition) is 0. The lowest BCUT2D eigenvalue weighted by Crippen LogP contribution is -2.23. The van der Waals surface area contributed by atoms with Crippen LogP contribution < -0.4 is 10.4 Å². The fourth-order valence-corrected chi connectivity index (χ4v) is 3.54. The molecule has 0 fully saturated rings. The Morgan fingerprint density at radius 1 is 0.967 bits per heavy atom. The lowest BCUT2D eigenvalue weighted by atomic mass is 10.1. The highest BCUT2D eigenvalue weighted by atomic mass is 16.5. The molecule has 0 spiro atoms. The average molecular weight is 404 g/mol. The van der Waals surface area contributed by atoms with Crippen LogP contribution in [-0.4, -0.2) is 29.6 Å². The zero-order valence-electron chi connectivity index (χ0n) is 17.7. The molecule has 30 heavy (non-hydrogen) atoms. The van der Waals surface area contributed by atoms with Crippen molar-refractivity contribution in [1.29, 1.82) is 0 Å². The molecule has 0 saturated carbocycles. The Kier molecular flexibility index (Phi) is 4.99. The quantitative estimate of drug-likeness (QED) is 0.511. The van der Waals surface area contributed by atoms with Crippen LogP contribution in [0.25, 0.3) is 16.9 Å².